The zero-order valence-electron chi connectivity index (χ0n) is 11.8. The van der Waals surface area contributed by atoms with Crippen LogP contribution in [0.15, 0.2) is 48.5 Å². The van der Waals surface area contributed by atoms with E-state index in [4.69, 9.17) is 0 Å². The molecule has 0 aliphatic carbocycles. The third-order valence-electron chi connectivity index (χ3n) is 2.59. The van der Waals surface area contributed by atoms with Crippen molar-refractivity contribution in [1.29, 1.82) is 0 Å². The van der Waals surface area contributed by atoms with Gasteiger partial charge in [0.2, 0.25) is 0 Å². The van der Waals surface area contributed by atoms with E-state index >= 15 is 0 Å². The second kappa shape index (κ2) is 7.26. The van der Waals surface area contributed by atoms with Gasteiger partial charge in [-0.1, -0.05) is 0 Å². The van der Waals surface area contributed by atoms with Crippen LogP contribution < -0.4 is 17.9 Å². The maximum atomic E-state index is 11.0. The summed E-state index contributed by atoms with van der Waals surface area (Å²) in [4.78, 5) is 21.9. The minimum atomic E-state index is -0.459. The molecule has 0 aromatic heterocycles. The van der Waals surface area contributed by atoms with E-state index in [1.807, 2.05) is 24.3 Å². The van der Waals surface area contributed by atoms with Crippen molar-refractivity contribution >= 4 is 51.3 Å². The van der Waals surface area contributed by atoms with Crippen molar-refractivity contribution in [2.24, 2.45) is 0 Å². The fourth-order valence-corrected chi connectivity index (χ4v) is 4.09. The molecule has 0 saturated carbocycles. The molecule has 21 heavy (non-hydrogen) atoms. The van der Waals surface area contributed by atoms with Gasteiger partial charge in [0, 0.05) is 0 Å². The van der Waals surface area contributed by atoms with Gasteiger partial charge in [-0.3, -0.25) is 0 Å². The molecule has 2 N–H and O–H groups in total. The zero-order valence-corrected chi connectivity index (χ0v) is 14.2. The van der Waals surface area contributed by atoms with E-state index in [0.29, 0.717) is 0 Å². The van der Waals surface area contributed by atoms with Crippen LogP contribution in [-0.4, -0.2) is 32.7 Å². The molecule has 4 nitrogen and oxygen atoms in total. The van der Waals surface area contributed by atoms with Crippen LogP contribution in [0.2, 0.25) is 0 Å². The number of carbonyl (C=O) groups is 2. The van der Waals surface area contributed by atoms with Crippen LogP contribution in [0, 0.1) is 0 Å². The Kier molecular flexibility index (Phi) is 5.38. The average molecular weight is 396 g/mol. The van der Waals surface area contributed by atoms with Crippen LogP contribution in [0.5, 0.6) is 0 Å². The fraction of sp³-hybridized carbons (Fsp3) is 0.125. The van der Waals surface area contributed by atoms with Gasteiger partial charge in [-0.05, 0) is 0 Å². The predicted octanol–water partition coefficient (Wildman–Crippen LogP) is 1.26. The van der Waals surface area contributed by atoms with Gasteiger partial charge in [0.25, 0.3) is 0 Å². The van der Waals surface area contributed by atoms with Crippen LogP contribution in [-0.2, 0) is 9.59 Å². The van der Waals surface area contributed by atoms with Crippen LogP contribution >= 0.6 is 0 Å². The number of anilines is 2. The number of rotatable bonds is 4. The Morgan fingerprint density at radius 1 is 0.714 bits per heavy atom. The molecule has 2 rings (SSSR count). The van der Waals surface area contributed by atoms with E-state index in [-0.39, 0.29) is 11.8 Å². The Morgan fingerprint density at radius 3 is 1.33 bits per heavy atom. The van der Waals surface area contributed by atoms with Gasteiger partial charge in [-0.25, -0.2) is 0 Å². The zero-order chi connectivity index (χ0) is 15.2. The van der Waals surface area contributed by atoms with E-state index in [2.05, 4.69) is 34.9 Å². The first-order valence-corrected chi connectivity index (χ1v) is 8.79. The summed E-state index contributed by atoms with van der Waals surface area (Å²) in [6, 6.07) is 15.9. The number of nitrogens with one attached hydrogen (secondary N) is 2. The second-order valence-electron chi connectivity index (χ2n) is 4.51. The van der Waals surface area contributed by atoms with Crippen LogP contribution in [0.4, 0.5) is 11.4 Å². The minimum absolute atomic E-state index is 0.0622. The number of carbonyl (C=O) groups excluding carboxylic acids is 2. The third-order valence-corrected chi connectivity index (χ3v) is 5.48. The average Bonchev–Trinajstić information content (AvgIpc) is 2.42. The summed E-state index contributed by atoms with van der Waals surface area (Å²) in [5, 5.41) is 5.51. The molecule has 2 amide bonds. The predicted molar refractivity (Wildman–Crippen MR) is 86.5 cm³/mol. The van der Waals surface area contributed by atoms with Crippen molar-refractivity contribution < 1.29 is 9.59 Å². The number of benzene rings is 2. The Balaban J connectivity index is 2.01. The molecule has 0 saturated heterocycles. The van der Waals surface area contributed by atoms with E-state index in [9.17, 15) is 9.59 Å². The summed E-state index contributed by atoms with van der Waals surface area (Å²) in [7, 11) is 0. The summed E-state index contributed by atoms with van der Waals surface area (Å²) < 4.78 is 2.59. The van der Waals surface area contributed by atoms with Gasteiger partial charge in [0.1, 0.15) is 0 Å². The van der Waals surface area contributed by atoms with Gasteiger partial charge in [-0.2, -0.15) is 0 Å². The maximum absolute atomic E-state index is 11.0. The normalized spacial score (nSPS) is 10.0. The summed E-state index contributed by atoms with van der Waals surface area (Å²) in [5.41, 5.74) is 1.64. The quantitative estimate of drug-likeness (QED) is 0.766. The molecular formula is C16H16N2O2Te. The number of hydrogen-bond donors (Lipinski definition) is 2. The van der Waals surface area contributed by atoms with Gasteiger partial charge in [-0.15, -0.1) is 0 Å². The Morgan fingerprint density at radius 2 is 1.05 bits per heavy atom. The first-order valence-electron chi connectivity index (χ1n) is 6.46. The molecule has 0 heterocycles. The number of hydrogen-bond acceptors (Lipinski definition) is 2. The molecule has 5 heteroatoms. The van der Waals surface area contributed by atoms with Crippen molar-refractivity contribution in [1.82, 2.24) is 0 Å². The monoisotopic (exact) mass is 398 g/mol. The summed E-state index contributed by atoms with van der Waals surface area (Å²) >= 11 is -0.459. The van der Waals surface area contributed by atoms with E-state index in [0.717, 1.165) is 11.4 Å². The molecule has 0 spiro atoms. The molecule has 108 valence electrons. The third kappa shape index (κ3) is 5.22. The fourth-order valence-electron chi connectivity index (χ4n) is 1.76. The molecule has 0 bridgehead atoms. The number of amides is 2. The standard InChI is InChI=1S/C16H16N2O2Te/c1-11(19)17-13-3-7-15(8-4-13)21-16-9-5-14(6-10-16)18-12(2)20/h3-10H,1-2H3,(H,17,19)(H,18,20). The van der Waals surface area contributed by atoms with Crippen LogP contribution in [0.25, 0.3) is 0 Å². The topological polar surface area (TPSA) is 58.2 Å². The SMILES string of the molecule is CC(=O)Nc1ccc([Te]c2ccc(NC(C)=O)cc2)cc1. The van der Waals surface area contributed by atoms with Gasteiger partial charge in [0.15, 0.2) is 0 Å². The molecule has 0 radical (unpaired) electrons. The molecule has 0 unspecified atom stereocenters. The first-order chi connectivity index (χ1) is 10.0. The summed E-state index contributed by atoms with van der Waals surface area (Å²) in [6.45, 7) is 3.00. The van der Waals surface area contributed by atoms with Crippen molar-refractivity contribution in [2.45, 2.75) is 13.8 Å². The van der Waals surface area contributed by atoms with Crippen LogP contribution in [0.3, 0.4) is 0 Å². The summed E-state index contributed by atoms with van der Waals surface area (Å²) in [5.74, 6) is -0.124. The van der Waals surface area contributed by atoms with Crippen molar-refractivity contribution in [3.05, 3.63) is 48.5 Å². The van der Waals surface area contributed by atoms with Crippen molar-refractivity contribution in [3.8, 4) is 0 Å². The van der Waals surface area contributed by atoms with Crippen molar-refractivity contribution in [2.75, 3.05) is 10.6 Å². The summed E-state index contributed by atoms with van der Waals surface area (Å²) in [6.07, 6.45) is 0. The Labute approximate surface area is 134 Å². The first kappa shape index (κ1) is 15.6. The van der Waals surface area contributed by atoms with Gasteiger partial charge in [0.05, 0.1) is 0 Å². The molecule has 0 atom stereocenters. The Hall–Kier alpha value is -1.83. The Bertz CT molecular complexity index is 579. The molecule has 0 aliphatic rings. The van der Waals surface area contributed by atoms with Crippen molar-refractivity contribution in [3.63, 3.8) is 0 Å². The van der Waals surface area contributed by atoms with Gasteiger partial charge < -0.3 is 0 Å². The van der Waals surface area contributed by atoms with Crippen LogP contribution in [0.1, 0.15) is 13.8 Å². The molecule has 0 fully saturated rings. The molecule has 0 aliphatic heterocycles. The van der Waals surface area contributed by atoms with E-state index < -0.39 is 20.9 Å². The second-order valence-corrected chi connectivity index (χ2v) is 7.79. The molecule has 2 aromatic carbocycles. The van der Waals surface area contributed by atoms with E-state index in [1.165, 1.54) is 21.1 Å². The molecule has 2 aromatic rings. The van der Waals surface area contributed by atoms with E-state index in [1.54, 1.807) is 0 Å². The molecular weight excluding hydrogens is 380 g/mol. The van der Waals surface area contributed by atoms with Gasteiger partial charge >= 0.3 is 134 Å².